The number of amides is 2. The van der Waals surface area contributed by atoms with E-state index in [0.717, 1.165) is 27.8 Å². The van der Waals surface area contributed by atoms with Gasteiger partial charge in [-0.25, -0.2) is 24.4 Å². The largest absolute Gasteiger partial charge is 0.467 e. The van der Waals surface area contributed by atoms with Crippen molar-refractivity contribution in [3.8, 4) is 11.1 Å². The molecular weight excluding hydrogens is 775 g/mol. The molecule has 3 heterocycles. The molecule has 1 aliphatic carbocycles. The molecule has 2 aromatic heterocycles. The average molecular weight is 816 g/mol. The Morgan fingerprint density at radius 2 is 1.46 bits per heavy atom. The zero-order valence-corrected chi connectivity index (χ0v) is 33.6. The standard InChI is InChI=1S/C48H41N5O8/c1-28(49-47(56)59-27-38-33-19-9-7-17-31(33)32-18-8-10-20-34(32)38)42-50-39-23-13-11-22-36(39)43(61-42)51-40(46(55)58-3)25-37-35-21-12-14-24-41(35)53-44(37)52(29(2)45(53)54)48(57)60-26-30-15-5-4-6-16-30/h4-24,28-29,38,40H,25-27H2,1-3H3,(H,49,56)/t28-,29-,40+/m0/s1. The molecule has 0 radical (unpaired) electrons. The summed E-state index contributed by atoms with van der Waals surface area (Å²) in [6.45, 7) is 3.48. The second-order valence-electron chi connectivity index (χ2n) is 15.0. The Labute approximate surface area is 350 Å². The van der Waals surface area contributed by atoms with E-state index in [1.807, 2.05) is 72.8 Å². The Morgan fingerprint density at radius 3 is 2.18 bits per heavy atom. The molecule has 0 saturated carbocycles. The molecule has 61 heavy (non-hydrogen) atoms. The highest BCUT2D eigenvalue weighted by atomic mass is 16.6. The third-order valence-electron chi connectivity index (χ3n) is 11.3. The van der Waals surface area contributed by atoms with Gasteiger partial charge in [0.15, 0.2) is 6.04 Å². The van der Waals surface area contributed by atoms with Crippen molar-refractivity contribution >= 4 is 51.7 Å². The van der Waals surface area contributed by atoms with Crippen LogP contribution in [0.25, 0.3) is 32.9 Å². The maximum absolute atomic E-state index is 13.8. The molecule has 0 unspecified atom stereocenters. The lowest BCUT2D eigenvalue weighted by molar-refractivity contribution is -0.142. The first-order valence-corrected chi connectivity index (χ1v) is 20.0. The minimum atomic E-state index is -1.21. The fraction of sp³-hybridized carbons (Fsp3) is 0.208. The number of anilines is 1. The first-order valence-electron chi connectivity index (χ1n) is 20.0. The number of carbonyl (C=O) groups excluding carboxylic acids is 4. The molecule has 0 bridgehead atoms. The molecule has 7 aromatic rings. The average Bonchev–Trinajstić information content (AvgIpc) is 3.88. The Kier molecular flexibility index (Phi) is 10.4. The number of nitrogens with one attached hydrogen (secondary N) is 1. The van der Waals surface area contributed by atoms with Gasteiger partial charge in [0.05, 0.1) is 23.5 Å². The fourth-order valence-electron chi connectivity index (χ4n) is 8.34. The highest BCUT2D eigenvalue weighted by Gasteiger charge is 2.43. The van der Waals surface area contributed by atoms with E-state index in [0.29, 0.717) is 33.2 Å². The Hall–Kier alpha value is -7.54. The summed E-state index contributed by atoms with van der Waals surface area (Å²) >= 11 is 0. The summed E-state index contributed by atoms with van der Waals surface area (Å²) in [7, 11) is 1.26. The second kappa shape index (κ2) is 16.3. The molecule has 1 aliphatic heterocycles. The van der Waals surface area contributed by atoms with Crippen LogP contribution >= 0.6 is 0 Å². The van der Waals surface area contributed by atoms with Crippen LogP contribution in [0.3, 0.4) is 0 Å². The van der Waals surface area contributed by atoms with Gasteiger partial charge in [0.1, 0.15) is 31.1 Å². The summed E-state index contributed by atoms with van der Waals surface area (Å²) in [6, 6.07) is 37.0. The molecule has 2 aliphatic rings. The van der Waals surface area contributed by atoms with Crippen LogP contribution in [-0.4, -0.2) is 59.4 Å². The first kappa shape index (κ1) is 38.9. The number of carbonyl (C=O) groups is 4. The van der Waals surface area contributed by atoms with Gasteiger partial charge >= 0.3 is 18.2 Å². The lowest BCUT2D eigenvalue weighted by Crippen LogP contribution is -2.39. The van der Waals surface area contributed by atoms with Gasteiger partial charge in [-0.15, -0.1) is 0 Å². The summed E-state index contributed by atoms with van der Waals surface area (Å²) in [6.07, 6.45) is -1.44. The summed E-state index contributed by atoms with van der Waals surface area (Å²) in [5, 5.41) is 4.00. The van der Waals surface area contributed by atoms with Crippen molar-refractivity contribution in [3.05, 3.63) is 161 Å². The Balaban J connectivity index is 1.02. The van der Waals surface area contributed by atoms with Crippen LogP contribution < -0.4 is 15.8 Å². The summed E-state index contributed by atoms with van der Waals surface area (Å²) < 4.78 is 24.6. The number of aromatic nitrogens is 2. The van der Waals surface area contributed by atoms with Gasteiger partial charge in [0.2, 0.25) is 11.4 Å². The van der Waals surface area contributed by atoms with Crippen LogP contribution in [0.4, 0.5) is 15.4 Å². The maximum Gasteiger partial charge on any atom is 0.416 e. The van der Waals surface area contributed by atoms with Gasteiger partial charge in [0.25, 0.3) is 5.91 Å². The molecule has 0 fully saturated rings. The van der Waals surface area contributed by atoms with Crippen molar-refractivity contribution in [2.45, 2.75) is 50.9 Å². The number of alkyl carbamates (subject to hydrolysis) is 1. The van der Waals surface area contributed by atoms with Crippen LogP contribution in [0.1, 0.15) is 58.7 Å². The zero-order valence-electron chi connectivity index (χ0n) is 33.6. The highest BCUT2D eigenvalue weighted by Crippen LogP contribution is 2.45. The first-order chi connectivity index (χ1) is 29.7. The van der Waals surface area contributed by atoms with Gasteiger partial charge in [-0.2, -0.15) is 0 Å². The monoisotopic (exact) mass is 815 g/mol. The quantitative estimate of drug-likeness (QED) is 0.106. The number of para-hydroxylation sites is 2. The number of rotatable bonds is 10. The number of fused-ring (bicyclic) bond motifs is 7. The van der Waals surface area contributed by atoms with Crippen molar-refractivity contribution in [1.29, 1.82) is 0 Å². The van der Waals surface area contributed by atoms with Crippen molar-refractivity contribution in [1.82, 2.24) is 14.9 Å². The molecule has 306 valence electrons. The van der Waals surface area contributed by atoms with E-state index in [1.165, 1.54) is 16.6 Å². The van der Waals surface area contributed by atoms with Gasteiger partial charge < -0.3 is 23.9 Å². The minimum Gasteiger partial charge on any atom is -0.467 e. The van der Waals surface area contributed by atoms with E-state index < -0.39 is 36.3 Å². The van der Waals surface area contributed by atoms with E-state index in [1.54, 1.807) is 44.2 Å². The van der Waals surface area contributed by atoms with E-state index in [9.17, 15) is 19.2 Å². The van der Waals surface area contributed by atoms with Crippen molar-refractivity contribution in [3.63, 3.8) is 0 Å². The predicted octanol–water partition coefficient (Wildman–Crippen LogP) is 8.25. The van der Waals surface area contributed by atoms with Crippen LogP contribution in [0.15, 0.2) is 137 Å². The topological polar surface area (TPSA) is 155 Å². The molecule has 13 nitrogen and oxygen atoms in total. The molecule has 1 N–H and O–H groups in total. The van der Waals surface area contributed by atoms with Crippen LogP contribution in [0.2, 0.25) is 0 Å². The lowest BCUT2D eigenvalue weighted by atomic mass is 9.98. The van der Waals surface area contributed by atoms with E-state index in [2.05, 4.69) is 29.6 Å². The summed E-state index contributed by atoms with van der Waals surface area (Å²) in [5.74, 6) is -0.707. The van der Waals surface area contributed by atoms with Crippen molar-refractivity contribution in [2.24, 2.45) is 4.99 Å². The molecule has 0 saturated heterocycles. The van der Waals surface area contributed by atoms with Crippen LogP contribution in [0.5, 0.6) is 0 Å². The smallest absolute Gasteiger partial charge is 0.416 e. The van der Waals surface area contributed by atoms with E-state index in [-0.39, 0.29) is 42.9 Å². The van der Waals surface area contributed by atoms with Crippen LogP contribution in [-0.2, 0) is 32.0 Å². The normalized spacial score (nSPS) is 15.6. The number of nitrogens with zero attached hydrogens (tertiary/aromatic N) is 4. The van der Waals surface area contributed by atoms with Gasteiger partial charge in [-0.05, 0) is 59.9 Å². The van der Waals surface area contributed by atoms with E-state index >= 15 is 0 Å². The molecule has 9 rings (SSSR count). The number of hydrogen-bond acceptors (Lipinski definition) is 10. The number of methoxy groups -OCH3 is 1. The van der Waals surface area contributed by atoms with Gasteiger partial charge in [0, 0.05) is 23.3 Å². The van der Waals surface area contributed by atoms with E-state index in [4.69, 9.17) is 28.6 Å². The third-order valence-corrected chi connectivity index (χ3v) is 11.3. The maximum atomic E-state index is 13.8. The fourth-order valence-corrected chi connectivity index (χ4v) is 8.34. The van der Waals surface area contributed by atoms with Crippen molar-refractivity contribution in [2.75, 3.05) is 18.6 Å². The molecule has 5 aromatic carbocycles. The predicted molar refractivity (Wildman–Crippen MR) is 227 cm³/mol. The number of esters is 1. The summed E-state index contributed by atoms with van der Waals surface area (Å²) in [5.41, 5.74) is 6.89. The number of benzene rings is 5. The molecular formula is C48H41N5O8. The zero-order chi connectivity index (χ0) is 42.2. The Bertz CT molecular complexity index is 2880. The molecule has 0 spiro atoms. The molecule has 3 atom stereocenters. The lowest BCUT2D eigenvalue weighted by Gasteiger charge is -2.21. The number of hydrogen-bond donors (Lipinski definition) is 1. The highest BCUT2D eigenvalue weighted by molar-refractivity contribution is 6.12. The summed E-state index contributed by atoms with van der Waals surface area (Å²) in [4.78, 5) is 65.6. The SMILES string of the molecule is COC(=O)[C@@H](Cc1c2n(c3ccccc13)C(=O)[C@H](C)N2C(=O)OCc1ccccc1)N=c1oc([C@H](C)NC(=O)OCC2c3ccccc3-c3ccccc32)nc2ccccc12. The van der Waals surface area contributed by atoms with Gasteiger partial charge in [-0.1, -0.05) is 109 Å². The number of ether oxygens (including phenoxy) is 3. The van der Waals surface area contributed by atoms with Crippen LogP contribution in [0, 0.1) is 0 Å². The van der Waals surface area contributed by atoms with Crippen molar-refractivity contribution < 1.29 is 37.8 Å². The van der Waals surface area contributed by atoms with Gasteiger partial charge in [-0.3, -0.25) is 14.3 Å². The molecule has 2 amide bonds. The Morgan fingerprint density at radius 1 is 0.820 bits per heavy atom. The third kappa shape index (κ3) is 7.17. The molecule has 13 heteroatoms. The second-order valence-corrected chi connectivity index (χ2v) is 15.0. The minimum absolute atomic E-state index is 0.000292.